The lowest BCUT2D eigenvalue weighted by atomic mass is 10.0. The van der Waals surface area contributed by atoms with Crippen LogP contribution in [0.2, 0.25) is 0 Å². The summed E-state index contributed by atoms with van der Waals surface area (Å²) < 4.78 is 40.3. The van der Waals surface area contributed by atoms with Crippen LogP contribution in [0.25, 0.3) is 10.8 Å². The summed E-state index contributed by atoms with van der Waals surface area (Å²) in [6.07, 6.45) is 0.891. The van der Waals surface area contributed by atoms with E-state index in [1.54, 1.807) is 12.1 Å². The van der Waals surface area contributed by atoms with E-state index in [4.69, 9.17) is 9.47 Å². The zero-order chi connectivity index (χ0) is 23.1. The van der Waals surface area contributed by atoms with Crippen molar-refractivity contribution in [1.29, 1.82) is 0 Å². The second-order valence-electron chi connectivity index (χ2n) is 9.62. The molecular weight excluding hydrogens is 436 g/mol. The third kappa shape index (κ3) is 4.86. The lowest BCUT2D eigenvalue weighted by Gasteiger charge is -2.39. The van der Waals surface area contributed by atoms with Gasteiger partial charge in [-0.15, -0.1) is 0 Å². The molecule has 1 N–H and O–H groups in total. The lowest BCUT2D eigenvalue weighted by Crippen LogP contribution is -2.52. The predicted octanol–water partition coefficient (Wildman–Crippen LogP) is 3.84. The molecule has 0 bridgehead atoms. The van der Waals surface area contributed by atoms with Crippen molar-refractivity contribution in [3.05, 3.63) is 66.2 Å². The van der Waals surface area contributed by atoms with Crippen LogP contribution in [0.4, 0.5) is 0 Å². The van der Waals surface area contributed by atoms with E-state index in [2.05, 4.69) is 29.5 Å². The lowest BCUT2D eigenvalue weighted by molar-refractivity contribution is 0.0829. The third-order valence-corrected chi connectivity index (χ3v) is 7.77. The minimum absolute atomic E-state index is 0.188. The van der Waals surface area contributed by atoms with Crippen molar-refractivity contribution >= 4 is 20.8 Å². The summed E-state index contributed by atoms with van der Waals surface area (Å²) in [4.78, 5) is 2.59. The summed E-state index contributed by atoms with van der Waals surface area (Å²) in [5.74, 6) is 1.98. The molecule has 1 saturated heterocycles. The normalized spacial score (nSPS) is 18.0. The molecule has 3 aromatic carbocycles. The average Bonchev–Trinajstić information content (AvgIpc) is 3.09. The molecule has 33 heavy (non-hydrogen) atoms. The zero-order valence-corrected chi connectivity index (χ0v) is 19.9. The van der Waals surface area contributed by atoms with Crippen molar-refractivity contribution in [3.63, 3.8) is 0 Å². The van der Waals surface area contributed by atoms with Gasteiger partial charge in [-0.2, -0.15) is 0 Å². The van der Waals surface area contributed by atoms with Crippen LogP contribution in [-0.2, 0) is 16.4 Å². The van der Waals surface area contributed by atoms with Gasteiger partial charge in [0.25, 0.3) is 0 Å². The fourth-order valence-electron chi connectivity index (χ4n) is 4.62. The highest BCUT2D eigenvalue weighted by Gasteiger charge is 2.32. The second-order valence-corrected chi connectivity index (χ2v) is 11.4. The highest BCUT2D eigenvalue weighted by Crippen LogP contribution is 2.41. The summed E-state index contributed by atoms with van der Waals surface area (Å²) >= 11 is 0. The fraction of sp³-hybridized carbons (Fsp3) is 0.385. The van der Waals surface area contributed by atoms with Crippen LogP contribution < -0.4 is 14.2 Å². The minimum Gasteiger partial charge on any atom is -0.488 e. The maximum Gasteiger partial charge on any atom is 0.240 e. The summed E-state index contributed by atoms with van der Waals surface area (Å²) in [5.41, 5.74) is 1.01. The molecule has 0 aliphatic carbocycles. The van der Waals surface area contributed by atoms with Crippen LogP contribution in [0.15, 0.2) is 65.6 Å². The van der Waals surface area contributed by atoms with Crippen molar-refractivity contribution in [2.24, 2.45) is 5.92 Å². The van der Waals surface area contributed by atoms with Crippen molar-refractivity contribution in [1.82, 2.24) is 9.62 Å². The molecule has 0 amide bonds. The van der Waals surface area contributed by atoms with Gasteiger partial charge in [-0.05, 0) is 48.7 Å². The topological polar surface area (TPSA) is 67.9 Å². The van der Waals surface area contributed by atoms with Gasteiger partial charge in [0.05, 0.1) is 4.90 Å². The Morgan fingerprint density at radius 1 is 1.06 bits per heavy atom. The van der Waals surface area contributed by atoms with Gasteiger partial charge in [0.15, 0.2) is 11.5 Å². The smallest absolute Gasteiger partial charge is 0.240 e. The maximum absolute atomic E-state index is 12.7. The molecule has 174 valence electrons. The van der Waals surface area contributed by atoms with Gasteiger partial charge in [0.1, 0.15) is 12.2 Å². The van der Waals surface area contributed by atoms with Gasteiger partial charge in [0.2, 0.25) is 10.0 Å². The highest BCUT2D eigenvalue weighted by molar-refractivity contribution is 7.89. The number of hydrogen-bond acceptors (Lipinski definition) is 5. The molecule has 3 aromatic rings. The van der Waals surface area contributed by atoms with Gasteiger partial charge >= 0.3 is 0 Å². The minimum atomic E-state index is -3.52. The van der Waals surface area contributed by atoms with Crippen molar-refractivity contribution < 1.29 is 17.9 Å². The number of nitrogens with zero attached hydrogens (tertiary/aromatic N) is 1. The summed E-state index contributed by atoms with van der Waals surface area (Å²) in [6.45, 7) is 7.73. The van der Waals surface area contributed by atoms with Crippen LogP contribution >= 0.6 is 0 Å². The van der Waals surface area contributed by atoms with Crippen LogP contribution in [0.3, 0.4) is 0 Å². The molecule has 6 nitrogen and oxygen atoms in total. The Balaban J connectivity index is 1.07. The molecule has 2 aliphatic heterocycles. The van der Waals surface area contributed by atoms with Gasteiger partial charge in [0, 0.05) is 38.2 Å². The average molecular weight is 467 g/mol. The Bertz CT molecular complexity index is 1270. The molecule has 7 heteroatoms. The molecule has 0 saturated carbocycles. The summed E-state index contributed by atoms with van der Waals surface area (Å²) in [6, 6.07) is 19.1. The Morgan fingerprint density at radius 2 is 1.85 bits per heavy atom. The van der Waals surface area contributed by atoms with Gasteiger partial charge in [-0.25, -0.2) is 13.1 Å². The van der Waals surface area contributed by atoms with Crippen molar-refractivity contribution in [2.45, 2.75) is 30.8 Å². The number of para-hydroxylation sites is 1. The number of likely N-dealkylation sites (tertiary alicyclic amines) is 1. The molecule has 0 unspecified atom stereocenters. The third-order valence-electron chi connectivity index (χ3n) is 6.35. The van der Waals surface area contributed by atoms with Gasteiger partial charge in [-0.1, -0.05) is 42.5 Å². The van der Waals surface area contributed by atoms with Crippen molar-refractivity contribution in [3.8, 4) is 11.5 Å². The molecule has 0 radical (unpaired) electrons. The standard InChI is InChI=1S/C26H30N2O4S/c1-26(2)15-22-8-5-9-24(25(22)32-26)31-13-12-28-17-19(18-28)16-27-33(29,30)23-11-10-20-6-3-4-7-21(20)14-23/h3-11,14,19,27H,12-13,15-18H2,1-2H3. The van der Waals surface area contributed by atoms with Crippen LogP contribution in [0, 0.1) is 5.92 Å². The molecule has 1 fully saturated rings. The predicted molar refractivity (Wildman–Crippen MR) is 129 cm³/mol. The first-order valence-electron chi connectivity index (χ1n) is 11.4. The molecule has 2 heterocycles. The Morgan fingerprint density at radius 3 is 2.67 bits per heavy atom. The summed E-state index contributed by atoms with van der Waals surface area (Å²) in [5, 5.41) is 1.96. The zero-order valence-electron chi connectivity index (χ0n) is 19.1. The number of hydrogen-bond donors (Lipinski definition) is 1. The van der Waals surface area contributed by atoms with E-state index in [0.29, 0.717) is 24.0 Å². The molecule has 0 spiro atoms. The SMILES string of the molecule is CC1(C)Cc2cccc(OCCN3CC(CNS(=O)(=O)c4ccc5ccccc5c4)C3)c2O1. The quantitative estimate of drug-likeness (QED) is 0.546. The molecular formula is C26H30N2O4S. The van der Waals surface area contributed by atoms with Crippen LogP contribution in [0.5, 0.6) is 11.5 Å². The first kappa shape index (κ1) is 22.2. The molecule has 2 aliphatic rings. The first-order chi connectivity index (χ1) is 15.8. The molecule has 0 atom stereocenters. The van der Waals surface area contributed by atoms with Gasteiger partial charge in [-0.3, -0.25) is 4.90 Å². The Labute approximate surface area is 195 Å². The van der Waals surface area contributed by atoms with Gasteiger partial charge < -0.3 is 9.47 Å². The number of sulfonamides is 1. The number of rotatable bonds is 8. The van der Waals surface area contributed by atoms with Crippen LogP contribution in [0.1, 0.15) is 19.4 Å². The molecule has 0 aromatic heterocycles. The first-order valence-corrected chi connectivity index (χ1v) is 12.9. The number of benzene rings is 3. The van der Waals surface area contributed by atoms with Crippen molar-refractivity contribution in [2.75, 3.05) is 32.8 Å². The second kappa shape index (κ2) is 8.63. The Hall–Kier alpha value is -2.61. The van der Waals surface area contributed by atoms with E-state index in [0.717, 1.165) is 48.3 Å². The van der Waals surface area contributed by atoms with E-state index in [-0.39, 0.29) is 5.60 Å². The number of fused-ring (bicyclic) bond motifs is 2. The Kier molecular flexibility index (Phi) is 5.80. The molecule has 5 rings (SSSR count). The van der Waals surface area contributed by atoms with E-state index in [1.807, 2.05) is 42.5 Å². The largest absolute Gasteiger partial charge is 0.488 e. The van der Waals surface area contributed by atoms with Crippen LogP contribution in [-0.4, -0.2) is 51.7 Å². The highest BCUT2D eigenvalue weighted by atomic mass is 32.2. The maximum atomic E-state index is 12.7. The monoisotopic (exact) mass is 466 g/mol. The van der Waals surface area contributed by atoms with E-state index in [1.165, 1.54) is 5.56 Å². The van der Waals surface area contributed by atoms with E-state index >= 15 is 0 Å². The summed E-state index contributed by atoms with van der Waals surface area (Å²) in [7, 11) is -3.52. The number of nitrogens with one attached hydrogen (secondary N) is 1. The van der Waals surface area contributed by atoms with E-state index in [9.17, 15) is 8.42 Å². The fourth-order valence-corrected chi connectivity index (χ4v) is 5.77. The number of ether oxygens (including phenoxy) is 2. The van der Waals surface area contributed by atoms with E-state index < -0.39 is 10.0 Å².